The Balaban J connectivity index is 2.85. The molecule has 1 saturated carbocycles. The number of aliphatic hydroxyl groups is 1. The minimum absolute atomic E-state index is 0.167. The lowest BCUT2D eigenvalue weighted by Crippen LogP contribution is -2.50. The minimum atomic E-state index is -0.867. The van der Waals surface area contributed by atoms with Gasteiger partial charge in [-0.25, -0.2) is 0 Å². The van der Waals surface area contributed by atoms with Crippen molar-refractivity contribution in [1.82, 2.24) is 0 Å². The maximum absolute atomic E-state index is 11.7. The summed E-state index contributed by atoms with van der Waals surface area (Å²) in [7, 11) is 1.39. The van der Waals surface area contributed by atoms with Gasteiger partial charge in [-0.1, -0.05) is 20.8 Å². The van der Waals surface area contributed by atoms with Crippen molar-refractivity contribution in [2.24, 2.45) is 17.8 Å². The molecule has 0 aliphatic heterocycles. The molecule has 1 aliphatic rings. The van der Waals surface area contributed by atoms with Gasteiger partial charge in [-0.2, -0.15) is 0 Å². The van der Waals surface area contributed by atoms with Crippen molar-refractivity contribution in [3.8, 4) is 0 Å². The molecule has 0 radical (unpaired) electrons. The molecule has 94 valence electrons. The van der Waals surface area contributed by atoms with E-state index in [-0.39, 0.29) is 17.8 Å². The van der Waals surface area contributed by atoms with E-state index in [2.05, 4.69) is 6.92 Å². The van der Waals surface area contributed by atoms with E-state index in [1.807, 2.05) is 13.8 Å². The van der Waals surface area contributed by atoms with Gasteiger partial charge in [0.15, 0.2) is 0 Å². The summed E-state index contributed by atoms with van der Waals surface area (Å²) in [6.45, 7) is 6.18. The van der Waals surface area contributed by atoms with Crippen LogP contribution in [0.4, 0.5) is 0 Å². The summed E-state index contributed by atoms with van der Waals surface area (Å²) in [4.78, 5) is 11.7. The molecule has 1 rings (SSSR count). The molecular weight excluding hydrogens is 204 g/mol. The quantitative estimate of drug-likeness (QED) is 0.754. The number of methoxy groups -OCH3 is 1. The number of hydrogen-bond acceptors (Lipinski definition) is 3. The van der Waals surface area contributed by atoms with Crippen molar-refractivity contribution >= 4 is 5.97 Å². The summed E-state index contributed by atoms with van der Waals surface area (Å²) < 4.78 is 4.80. The second-order valence-electron chi connectivity index (χ2n) is 5.26. The van der Waals surface area contributed by atoms with E-state index in [1.165, 1.54) is 7.11 Å². The van der Waals surface area contributed by atoms with Crippen LogP contribution < -0.4 is 0 Å². The first kappa shape index (κ1) is 13.5. The summed E-state index contributed by atoms with van der Waals surface area (Å²) in [5, 5.41) is 10.7. The van der Waals surface area contributed by atoms with Crippen molar-refractivity contribution in [3.05, 3.63) is 0 Å². The fourth-order valence-corrected chi connectivity index (χ4v) is 3.03. The van der Waals surface area contributed by atoms with E-state index in [1.54, 1.807) is 0 Å². The first-order chi connectivity index (χ1) is 7.45. The third kappa shape index (κ3) is 2.40. The molecule has 0 spiro atoms. The van der Waals surface area contributed by atoms with Crippen LogP contribution >= 0.6 is 0 Å². The zero-order valence-corrected chi connectivity index (χ0v) is 10.8. The topological polar surface area (TPSA) is 46.5 Å². The van der Waals surface area contributed by atoms with Crippen molar-refractivity contribution in [3.63, 3.8) is 0 Å². The molecule has 0 aromatic rings. The predicted molar refractivity (Wildman–Crippen MR) is 62.9 cm³/mol. The fourth-order valence-electron chi connectivity index (χ4n) is 3.03. The number of hydrogen-bond donors (Lipinski definition) is 1. The Hall–Kier alpha value is -0.570. The summed E-state index contributed by atoms with van der Waals surface area (Å²) in [6, 6.07) is 0. The zero-order chi connectivity index (χ0) is 12.3. The van der Waals surface area contributed by atoms with E-state index >= 15 is 0 Å². The standard InChI is InChI=1S/C13H24O3/c1-5-11(12(14)16-4)13(15)7-6-9(2)8-10(13)3/h9-11,15H,5-8H2,1-4H3. The van der Waals surface area contributed by atoms with Crippen LogP contribution in [0.2, 0.25) is 0 Å². The van der Waals surface area contributed by atoms with Gasteiger partial charge in [0.1, 0.15) is 0 Å². The summed E-state index contributed by atoms with van der Waals surface area (Å²) in [6.07, 6.45) is 3.34. The average molecular weight is 228 g/mol. The molecule has 4 atom stereocenters. The smallest absolute Gasteiger partial charge is 0.311 e. The lowest BCUT2D eigenvalue weighted by molar-refractivity contribution is -0.166. The van der Waals surface area contributed by atoms with Crippen molar-refractivity contribution in [2.45, 2.75) is 52.1 Å². The molecule has 1 N–H and O–H groups in total. The summed E-state index contributed by atoms with van der Waals surface area (Å²) >= 11 is 0. The van der Waals surface area contributed by atoms with E-state index in [0.29, 0.717) is 18.8 Å². The fraction of sp³-hybridized carbons (Fsp3) is 0.923. The third-order valence-electron chi connectivity index (χ3n) is 4.14. The molecule has 16 heavy (non-hydrogen) atoms. The molecule has 3 heteroatoms. The number of esters is 1. The highest BCUT2D eigenvalue weighted by Crippen LogP contribution is 2.42. The second-order valence-corrected chi connectivity index (χ2v) is 5.26. The van der Waals surface area contributed by atoms with Crippen LogP contribution in [0.1, 0.15) is 46.5 Å². The molecule has 4 unspecified atom stereocenters. The number of carbonyl (C=O) groups excluding carboxylic acids is 1. The van der Waals surface area contributed by atoms with Gasteiger partial charge in [0.2, 0.25) is 0 Å². The predicted octanol–water partition coefficient (Wildman–Crippen LogP) is 2.37. The van der Waals surface area contributed by atoms with Gasteiger partial charge in [-0.3, -0.25) is 4.79 Å². The monoisotopic (exact) mass is 228 g/mol. The molecule has 0 aromatic carbocycles. The molecule has 0 aromatic heterocycles. The van der Waals surface area contributed by atoms with Gasteiger partial charge in [0.05, 0.1) is 18.6 Å². The van der Waals surface area contributed by atoms with Crippen LogP contribution in [0.15, 0.2) is 0 Å². The minimum Gasteiger partial charge on any atom is -0.469 e. The maximum atomic E-state index is 11.7. The Kier molecular flexibility index (Phi) is 4.36. The van der Waals surface area contributed by atoms with E-state index < -0.39 is 5.60 Å². The Morgan fingerprint density at radius 3 is 2.62 bits per heavy atom. The molecule has 1 aliphatic carbocycles. The Morgan fingerprint density at radius 1 is 1.56 bits per heavy atom. The number of carbonyl (C=O) groups is 1. The SMILES string of the molecule is CCC(C(=O)OC)C1(O)CCC(C)CC1C. The average Bonchev–Trinajstić information content (AvgIpc) is 2.25. The molecular formula is C13H24O3. The normalized spacial score (nSPS) is 36.8. The molecule has 0 saturated heterocycles. The van der Waals surface area contributed by atoms with Crippen molar-refractivity contribution < 1.29 is 14.6 Å². The molecule has 0 amide bonds. The van der Waals surface area contributed by atoms with Crippen LogP contribution in [0.5, 0.6) is 0 Å². The third-order valence-corrected chi connectivity index (χ3v) is 4.14. The van der Waals surface area contributed by atoms with Gasteiger partial charge in [0.25, 0.3) is 0 Å². The molecule has 1 fully saturated rings. The van der Waals surface area contributed by atoms with Crippen molar-refractivity contribution in [2.75, 3.05) is 7.11 Å². The maximum Gasteiger partial charge on any atom is 0.311 e. The first-order valence-electron chi connectivity index (χ1n) is 6.25. The van der Waals surface area contributed by atoms with E-state index in [4.69, 9.17) is 4.74 Å². The highest BCUT2D eigenvalue weighted by Gasteiger charge is 2.47. The largest absolute Gasteiger partial charge is 0.469 e. The van der Waals surface area contributed by atoms with Crippen LogP contribution in [-0.2, 0) is 9.53 Å². The molecule has 0 heterocycles. The van der Waals surface area contributed by atoms with Gasteiger partial charge >= 0.3 is 5.97 Å². The van der Waals surface area contributed by atoms with Crippen molar-refractivity contribution in [1.29, 1.82) is 0 Å². The molecule has 3 nitrogen and oxygen atoms in total. The lowest BCUT2D eigenvalue weighted by Gasteiger charge is -2.44. The Bertz CT molecular complexity index is 252. The van der Waals surface area contributed by atoms with Crippen LogP contribution in [0, 0.1) is 17.8 Å². The van der Waals surface area contributed by atoms with Gasteiger partial charge in [0, 0.05) is 0 Å². The van der Waals surface area contributed by atoms with Crippen LogP contribution in [0.3, 0.4) is 0 Å². The van der Waals surface area contributed by atoms with E-state index in [9.17, 15) is 9.90 Å². The van der Waals surface area contributed by atoms with Crippen LogP contribution in [-0.4, -0.2) is 23.8 Å². The Labute approximate surface area is 98.2 Å². The highest BCUT2D eigenvalue weighted by molar-refractivity contribution is 5.73. The van der Waals surface area contributed by atoms with Gasteiger partial charge in [-0.15, -0.1) is 0 Å². The summed E-state index contributed by atoms with van der Waals surface area (Å²) in [5.41, 5.74) is -0.867. The Morgan fingerprint density at radius 2 is 2.19 bits per heavy atom. The lowest BCUT2D eigenvalue weighted by atomic mass is 9.66. The number of ether oxygens (including phenoxy) is 1. The van der Waals surface area contributed by atoms with Gasteiger partial charge in [-0.05, 0) is 37.5 Å². The zero-order valence-electron chi connectivity index (χ0n) is 10.8. The first-order valence-corrected chi connectivity index (χ1v) is 6.25. The summed E-state index contributed by atoms with van der Waals surface area (Å²) in [5.74, 6) is 0.164. The second kappa shape index (κ2) is 5.17. The van der Waals surface area contributed by atoms with E-state index in [0.717, 1.165) is 12.8 Å². The molecule has 0 bridgehead atoms. The number of rotatable bonds is 3. The highest BCUT2D eigenvalue weighted by atomic mass is 16.5. The van der Waals surface area contributed by atoms with Crippen LogP contribution in [0.25, 0.3) is 0 Å². The van der Waals surface area contributed by atoms with Gasteiger partial charge < -0.3 is 9.84 Å².